The fourth-order valence-electron chi connectivity index (χ4n) is 7.72. The first-order valence-corrected chi connectivity index (χ1v) is 20.2. The number of allylic oxidation sites excluding steroid dienone is 6. The lowest BCUT2D eigenvalue weighted by Crippen LogP contribution is -2.26. The summed E-state index contributed by atoms with van der Waals surface area (Å²) in [5.41, 5.74) is 13.2. The van der Waals surface area contributed by atoms with Crippen molar-refractivity contribution in [1.82, 2.24) is 0 Å². The molecular weight excluding hydrogens is 713 g/mol. The van der Waals surface area contributed by atoms with Crippen LogP contribution in [0.2, 0.25) is 0 Å². The van der Waals surface area contributed by atoms with E-state index < -0.39 is 0 Å². The molecule has 0 radical (unpaired) electrons. The van der Waals surface area contributed by atoms with Crippen molar-refractivity contribution in [2.24, 2.45) is 9.98 Å². The van der Waals surface area contributed by atoms with Gasteiger partial charge in [-0.25, -0.2) is 9.98 Å². The highest BCUT2D eigenvalue weighted by atomic mass is 32.2. The molecule has 57 heavy (non-hydrogen) atoms. The number of rotatable bonds is 10. The van der Waals surface area contributed by atoms with Gasteiger partial charge in [0.05, 0.1) is 6.04 Å². The zero-order valence-electron chi connectivity index (χ0n) is 31.8. The Labute approximate surface area is 340 Å². The molecule has 2 unspecified atom stereocenters. The molecule has 0 spiro atoms. The summed E-state index contributed by atoms with van der Waals surface area (Å²) in [7, 11) is 0. The maximum atomic E-state index is 9.39. The Morgan fingerprint density at radius 2 is 1.47 bits per heavy atom. The van der Waals surface area contributed by atoms with Gasteiger partial charge in [0.1, 0.15) is 0 Å². The summed E-state index contributed by atoms with van der Waals surface area (Å²) in [6.07, 6.45) is 18.2. The van der Waals surface area contributed by atoms with Crippen LogP contribution in [0.4, 0.5) is 5.69 Å². The summed E-state index contributed by atoms with van der Waals surface area (Å²) >= 11 is 1.75. The van der Waals surface area contributed by atoms with Gasteiger partial charge in [0.2, 0.25) is 0 Å². The summed E-state index contributed by atoms with van der Waals surface area (Å²) in [4.78, 5) is 10.8. The summed E-state index contributed by atoms with van der Waals surface area (Å²) in [6.45, 7) is 12.5. The average Bonchev–Trinajstić information content (AvgIpc) is 3.64. The van der Waals surface area contributed by atoms with E-state index in [0.717, 1.165) is 35.2 Å². The summed E-state index contributed by atoms with van der Waals surface area (Å²) < 4.78 is 0. The number of nitrogens with one attached hydrogen (secondary N) is 2. The van der Waals surface area contributed by atoms with Crippen molar-refractivity contribution in [3.63, 3.8) is 0 Å². The van der Waals surface area contributed by atoms with Crippen molar-refractivity contribution in [3.05, 3.63) is 223 Å². The molecule has 5 aromatic rings. The van der Waals surface area contributed by atoms with Gasteiger partial charge in [0.25, 0.3) is 0 Å². The van der Waals surface area contributed by atoms with Crippen molar-refractivity contribution < 1.29 is 0 Å². The number of nitrogens with zero attached hydrogens (tertiary/aromatic N) is 2. The van der Waals surface area contributed by atoms with Gasteiger partial charge in [0, 0.05) is 44.7 Å². The molecule has 5 heteroatoms. The van der Waals surface area contributed by atoms with E-state index in [4.69, 9.17) is 9.98 Å². The standard InChI is InChI=1S/C52H44N4S/c1-4-16-37(5-2)52(54-34-36-25-27-40(28-26-36)38-17-8-6-9-18-38)56-51(53)35(3)50-45(46-33-41(29-32-49(46)57-50)39-19-10-7-11-20-39)30-31-48-44-22-13-12-21-42(44)43-23-14-15-24-47(43)55-48/h4-12,14-21,23-34,45,48,50,53,55H,1-3,13,22H2/b31-30+,37-16+,53-51?,54-34?,56-52?/t45?,48?,50-/m1/s1. The summed E-state index contributed by atoms with van der Waals surface area (Å²) in [6, 6.07) is 44.4. The van der Waals surface area contributed by atoms with Crippen LogP contribution in [0.15, 0.2) is 221 Å². The lowest BCUT2D eigenvalue weighted by molar-refractivity contribution is 0.837. The van der Waals surface area contributed by atoms with Gasteiger partial charge < -0.3 is 5.32 Å². The Morgan fingerprint density at radius 3 is 2.21 bits per heavy atom. The van der Waals surface area contributed by atoms with E-state index in [2.05, 4.69) is 140 Å². The van der Waals surface area contributed by atoms with Gasteiger partial charge in [0.15, 0.2) is 11.7 Å². The van der Waals surface area contributed by atoms with Crippen molar-refractivity contribution >= 4 is 40.9 Å². The van der Waals surface area contributed by atoms with Gasteiger partial charge in [-0.05, 0) is 75.6 Å². The second-order valence-corrected chi connectivity index (χ2v) is 15.4. The number of amidine groups is 2. The lowest BCUT2D eigenvalue weighted by atomic mass is 9.83. The van der Waals surface area contributed by atoms with Crippen LogP contribution in [0.1, 0.15) is 35.4 Å². The lowest BCUT2D eigenvalue weighted by Gasteiger charge is -2.32. The smallest absolute Gasteiger partial charge is 0.161 e. The number of benzene rings is 5. The van der Waals surface area contributed by atoms with Crippen molar-refractivity contribution in [2.45, 2.75) is 34.9 Å². The number of anilines is 1. The highest BCUT2D eigenvalue weighted by Gasteiger charge is 2.36. The van der Waals surface area contributed by atoms with Gasteiger partial charge in [-0.15, -0.1) is 11.8 Å². The van der Waals surface area contributed by atoms with E-state index in [1.165, 1.54) is 38.3 Å². The van der Waals surface area contributed by atoms with E-state index in [9.17, 15) is 5.41 Å². The molecule has 1 aliphatic carbocycles. The second kappa shape index (κ2) is 17.1. The van der Waals surface area contributed by atoms with Gasteiger partial charge >= 0.3 is 0 Å². The van der Waals surface area contributed by atoms with Crippen LogP contribution >= 0.6 is 11.8 Å². The molecule has 0 saturated heterocycles. The fraction of sp³-hybridized carbons (Fsp3) is 0.0962. The Bertz CT molecular complexity index is 2530. The average molecular weight is 757 g/mol. The number of aliphatic imine (C=N–C) groups is 2. The van der Waals surface area contributed by atoms with E-state index >= 15 is 0 Å². The molecule has 2 aliphatic heterocycles. The molecule has 0 bridgehead atoms. The largest absolute Gasteiger partial charge is 0.375 e. The Kier molecular flexibility index (Phi) is 11.2. The van der Waals surface area contributed by atoms with Crippen molar-refractivity contribution in [2.75, 3.05) is 5.32 Å². The van der Waals surface area contributed by atoms with Crippen LogP contribution in [0, 0.1) is 5.41 Å². The zero-order valence-corrected chi connectivity index (χ0v) is 32.6. The maximum absolute atomic E-state index is 9.39. The number of fused-ring (bicyclic) bond motifs is 3. The highest BCUT2D eigenvalue weighted by molar-refractivity contribution is 8.00. The minimum absolute atomic E-state index is 0.0449. The molecule has 4 nitrogen and oxygen atoms in total. The number of thioether (sulfide) groups is 1. The molecule has 0 aromatic heterocycles. The van der Waals surface area contributed by atoms with Crippen LogP contribution in [-0.2, 0) is 0 Å². The molecule has 0 saturated carbocycles. The Balaban J connectivity index is 1.12. The van der Waals surface area contributed by atoms with Gasteiger partial charge in [-0.2, -0.15) is 0 Å². The van der Waals surface area contributed by atoms with E-state index in [-0.39, 0.29) is 23.0 Å². The number of hydrogen-bond acceptors (Lipinski definition) is 3. The van der Waals surface area contributed by atoms with Gasteiger partial charge in [-0.3, -0.25) is 5.41 Å². The van der Waals surface area contributed by atoms with Crippen LogP contribution in [0.3, 0.4) is 0 Å². The predicted molar refractivity (Wildman–Crippen MR) is 245 cm³/mol. The van der Waals surface area contributed by atoms with E-state index in [0.29, 0.717) is 17.0 Å². The third kappa shape index (κ3) is 8.07. The predicted octanol–water partition coefficient (Wildman–Crippen LogP) is 13.1. The minimum Gasteiger partial charge on any atom is -0.375 e. The van der Waals surface area contributed by atoms with Crippen LogP contribution in [0.5, 0.6) is 0 Å². The molecular formula is C52H44N4S. The molecule has 0 amide bonds. The molecule has 3 atom stereocenters. The SMILES string of the molecule is C=C/C=C(\C=C)C(N=Cc1ccc(-c2ccccc2)cc1)=NC(=N)C(=C)[C@H]1Sc2ccc(-c3ccccc3)cc2C1/C=C/C1Nc2ccccc2C2=C1CCC=C2. The van der Waals surface area contributed by atoms with Crippen LogP contribution < -0.4 is 5.32 Å². The first-order chi connectivity index (χ1) is 28.0. The molecule has 0 fully saturated rings. The minimum atomic E-state index is -0.152. The number of para-hydroxylation sites is 1. The monoisotopic (exact) mass is 756 g/mol. The topological polar surface area (TPSA) is 60.6 Å². The quantitative estimate of drug-likeness (QED) is 0.0645. The molecule has 8 rings (SSSR count). The third-order valence-electron chi connectivity index (χ3n) is 10.7. The summed E-state index contributed by atoms with van der Waals surface area (Å²) in [5.74, 6) is 0.408. The van der Waals surface area contributed by atoms with Crippen molar-refractivity contribution in [3.8, 4) is 22.3 Å². The van der Waals surface area contributed by atoms with E-state index in [1.54, 1.807) is 30.1 Å². The Hall–Kier alpha value is -6.56. The summed E-state index contributed by atoms with van der Waals surface area (Å²) in [5, 5.41) is 13.1. The molecule has 2 heterocycles. The maximum Gasteiger partial charge on any atom is 0.161 e. The molecule has 278 valence electrons. The molecule has 2 N–H and O–H groups in total. The molecule has 3 aliphatic rings. The Morgan fingerprint density at radius 1 is 0.789 bits per heavy atom. The first kappa shape index (κ1) is 37.4. The molecule has 5 aromatic carbocycles. The number of hydrogen-bond donors (Lipinski definition) is 2. The third-order valence-corrected chi connectivity index (χ3v) is 12.1. The first-order valence-electron chi connectivity index (χ1n) is 19.3. The van der Waals surface area contributed by atoms with E-state index in [1.807, 2.05) is 42.5 Å². The van der Waals surface area contributed by atoms with Crippen molar-refractivity contribution in [1.29, 1.82) is 5.41 Å². The normalized spacial score (nSPS) is 18.8. The van der Waals surface area contributed by atoms with Crippen LogP contribution in [0.25, 0.3) is 27.8 Å². The fourth-order valence-corrected chi connectivity index (χ4v) is 9.11. The van der Waals surface area contributed by atoms with Gasteiger partial charge in [-0.1, -0.05) is 171 Å². The highest BCUT2D eigenvalue weighted by Crippen LogP contribution is 2.50. The zero-order chi connectivity index (χ0) is 39.1. The second-order valence-electron chi connectivity index (χ2n) is 14.2. The van der Waals surface area contributed by atoms with Crippen LogP contribution in [-0.4, -0.2) is 29.2 Å².